The lowest BCUT2D eigenvalue weighted by Crippen LogP contribution is -2.57. The number of ether oxygens (including phenoxy) is 3. The van der Waals surface area contributed by atoms with E-state index in [-0.39, 0.29) is 12.1 Å². The molecule has 3 aliphatic rings. The third-order valence-electron chi connectivity index (χ3n) is 5.74. The Balaban J connectivity index is 1.69. The van der Waals surface area contributed by atoms with Gasteiger partial charge in [0.15, 0.2) is 5.54 Å². The van der Waals surface area contributed by atoms with Gasteiger partial charge in [-0.3, -0.25) is 0 Å². The van der Waals surface area contributed by atoms with Gasteiger partial charge in [-0.15, -0.1) is 0 Å². The van der Waals surface area contributed by atoms with E-state index in [1.165, 1.54) is 0 Å². The van der Waals surface area contributed by atoms with Gasteiger partial charge in [0.25, 0.3) is 6.02 Å². The maximum Gasteiger partial charge on any atom is 0.283 e. The largest absolute Gasteiger partial charge is 0.484 e. The highest BCUT2D eigenvalue weighted by Crippen LogP contribution is 2.53. The number of nitrogens with zero attached hydrogens (tertiary/aromatic N) is 2. The zero-order valence-electron chi connectivity index (χ0n) is 14.9. The molecule has 0 aliphatic carbocycles. The Labute approximate surface area is 157 Å². The highest BCUT2D eigenvalue weighted by molar-refractivity contribution is 5.76. The highest BCUT2D eigenvalue weighted by atomic mass is 16.6. The molecule has 0 saturated carbocycles. The van der Waals surface area contributed by atoms with Crippen LogP contribution in [-0.2, 0) is 15.0 Å². The highest BCUT2D eigenvalue weighted by Gasteiger charge is 2.62. The Bertz CT molecular complexity index is 1010. The molecule has 27 heavy (non-hydrogen) atoms. The predicted octanol–water partition coefficient (Wildman–Crippen LogP) is 2.71. The molecule has 2 N–H and O–H groups in total. The number of amidine groups is 1. The molecule has 3 unspecified atom stereocenters. The first kappa shape index (κ1) is 16.2. The summed E-state index contributed by atoms with van der Waals surface area (Å²) in [4.78, 5) is 4.69. The van der Waals surface area contributed by atoms with E-state index in [4.69, 9.17) is 24.9 Å². The molecule has 6 heteroatoms. The number of nitrogens with two attached hydrogens (primary N) is 1. The van der Waals surface area contributed by atoms with E-state index in [0.29, 0.717) is 18.8 Å². The molecule has 0 radical (unpaired) electrons. The first-order valence-corrected chi connectivity index (χ1v) is 8.98. The smallest absolute Gasteiger partial charge is 0.283 e. The van der Waals surface area contributed by atoms with Gasteiger partial charge in [0.1, 0.15) is 24.1 Å². The maximum absolute atomic E-state index is 9.19. The summed E-state index contributed by atoms with van der Waals surface area (Å²) in [5.74, 6) is 0.779. The van der Waals surface area contributed by atoms with Gasteiger partial charge in [0.05, 0.1) is 18.2 Å². The minimum absolute atomic E-state index is 0.178. The number of nitriles is 1. The van der Waals surface area contributed by atoms with Crippen LogP contribution < -0.4 is 10.5 Å². The molecule has 136 valence electrons. The number of hydrogen-bond donors (Lipinski definition) is 1. The van der Waals surface area contributed by atoms with Crippen LogP contribution in [-0.4, -0.2) is 30.9 Å². The second-order valence-electron chi connectivity index (χ2n) is 7.48. The Morgan fingerprint density at radius 1 is 1.22 bits per heavy atom. The number of fused-ring (bicyclic) bond motifs is 4. The zero-order valence-corrected chi connectivity index (χ0v) is 14.9. The van der Waals surface area contributed by atoms with E-state index in [1.54, 1.807) is 6.07 Å². The minimum Gasteiger partial charge on any atom is -0.484 e. The maximum atomic E-state index is 9.19. The van der Waals surface area contributed by atoms with Gasteiger partial charge in [-0.2, -0.15) is 5.26 Å². The molecule has 6 nitrogen and oxygen atoms in total. The fourth-order valence-corrected chi connectivity index (χ4v) is 4.45. The molecule has 2 aromatic rings. The van der Waals surface area contributed by atoms with Gasteiger partial charge in [-0.1, -0.05) is 18.2 Å². The quantitative estimate of drug-likeness (QED) is 0.843. The predicted molar refractivity (Wildman–Crippen MR) is 99.2 cm³/mol. The number of aliphatic imine (C=N–C) groups is 1. The van der Waals surface area contributed by atoms with E-state index in [1.807, 2.05) is 30.3 Å². The lowest BCUT2D eigenvalue weighted by Gasteiger charge is -2.45. The Hall–Kier alpha value is -3.04. The molecule has 5 rings (SSSR count). The topological polar surface area (TPSA) is 89.9 Å². The Morgan fingerprint density at radius 3 is 2.85 bits per heavy atom. The first-order chi connectivity index (χ1) is 13.0. The molecule has 1 fully saturated rings. The zero-order chi connectivity index (χ0) is 18.6. The van der Waals surface area contributed by atoms with Crippen LogP contribution in [0.15, 0.2) is 47.5 Å². The van der Waals surface area contributed by atoms with Crippen molar-refractivity contribution in [3.8, 4) is 22.9 Å². The van der Waals surface area contributed by atoms with Crippen LogP contribution in [0.25, 0.3) is 11.1 Å². The van der Waals surface area contributed by atoms with Gasteiger partial charge < -0.3 is 19.9 Å². The van der Waals surface area contributed by atoms with Crippen LogP contribution in [0.3, 0.4) is 0 Å². The van der Waals surface area contributed by atoms with Crippen molar-refractivity contribution in [2.45, 2.75) is 30.6 Å². The normalized spacial score (nSPS) is 30.7. The van der Waals surface area contributed by atoms with Crippen molar-refractivity contribution in [3.63, 3.8) is 0 Å². The fourth-order valence-electron chi connectivity index (χ4n) is 4.45. The van der Waals surface area contributed by atoms with Crippen molar-refractivity contribution in [3.05, 3.63) is 53.6 Å². The van der Waals surface area contributed by atoms with E-state index in [9.17, 15) is 5.26 Å². The summed E-state index contributed by atoms with van der Waals surface area (Å²) >= 11 is 0. The minimum atomic E-state index is -0.717. The van der Waals surface area contributed by atoms with E-state index >= 15 is 0 Å². The number of benzene rings is 2. The summed E-state index contributed by atoms with van der Waals surface area (Å²) in [6.07, 6.45) is 0.527. The van der Waals surface area contributed by atoms with Crippen molar-refractivity contribution in [2.24, 2.45) is 10.7 Å². The van der Waals surface area contributed by atoms with E-state index < -0.39 is 11.1 Å². The monoisotopic (exact) mass is 361 g/mol. The molecule has 3 aliphatic heterocycles. The molecular weight excluding hydrogens is 342 g/mol. The van der Waals surface area contributed by atoms with Gasteiger partial charge in [-0.25, -0.2) is 4.99 Å². The Morgan fingerprint density at radius 2 is 2.07 bits per heavy atom. The molecule has 3 heterocycles. The molecular formula is C21H19N3O3. The van der Waals surface area contributed by atoms with Crippen LogP contribution in [0.5, 0.6) is 5.75 Å². The molecule has 0 bridgehead atoms. The van der Waals surface area contributed by atoms with Crippen LogP contribution in [0.1, 0.15) is 24.5 Å². The van der Waals surface area contributed by atoms with Crippen molar-refractivity contribution in [2.75, 3.05) is 13.2 Å². The second kappa shape index (κ2) is 5.48. The first-order valence-electron chi connectivity index (χ1n) is 8.98. The number of rotatable bonds is 1. The average molecular weight is 361 g/mol. The summed E-state index contributed by atoms with van der Waals surface area (Å²) in [5.41, 5.74) is 8.20. The molecule has 0 aromatic heterocycles. The summed E-state index contributed by atoms with van der Waals surface area (Å²) in [5, 5.41) is 9.19. The fraction of sp³-hybridized carbons (Fsp3) is 0.333. The van der Waals surface area contributed by atoms with Crippen LogP contribution in [0.2, 0.25) is 0 Å². The van der Waals surface area contributed by atoms with E-state index in [0.717, 1.165) is 28.9 Å². The van der Waals surface area contributed by atoms with Crippen LogP contribution >= 0.6 is 0 Å². The van der Waals surface area contributed by atoms with Crippen molar-refractivity contribution >= 4 is 6.02 Å². The Kier molecular flexibility index (Phi) is 3.28. The summed E-state index contributed by atoms with van der Waals surface area (Å²) in [6, 6.07) is 15.9. The van der Waals surface area contributed by atoms with Gasteiger partial charge in [0.2, 0.25) is 0 Å². The molecule has 3 atom stereocenters. The SMILES string of the molecule is CC12CCOC1C1(COC(N)=N1)c1cc(-c3cccc(C#N)c3)ccc1O2. The van der Waals surface area contributed by atoms with Crippen molar-refractivity contribution < 1.29 is 14.2 Å². The van der Waals surface area contributed by atoms with Crippen LogP contribution in [0.4, 0.5) is 0 Å². The second-order valence-corrected chi connectivity index (χ2v) is 7.48. The standard InChI is InChI=1S/C21H19N3O3/c1-20-7-8-25-18(20)21(12-26-19(23)24-21)16-10-15(5-6-17(16)27-20)14-4-2-3-13(9-14)11-22/h2-6,9-10,18H,7-8,12H2,1H3,(H2,23,24). The lowest BCUT2D eigenvalue weighted by molar-refractivity contribution is -0.0755. The number of hydrogen-bond acceptors (Lipinski definition) is 6. The van der Waals surface area contributed by atoms with Crippen molar-refractivity contribution in [1.29, 1.82) is 5.26 Å². The van der Waals surface area contributed by atoms with Gasteiger partial charge >= 0.3 is 0 Å². The van der Waals surface area contributed by atoms with Crippen molar-refractivity contribution in [1.82, 2.24) is 0 Å². The third kappa shape index (κ3) is 2.25. The van der Waals surface area contributed by atoms with E-state index in [2.05, 4.69) is 19.1 Å². The molecule has 1 saturated heterocycles. The molecule has 2 aromatic carbocycles. The molecule has 1 spiro atoms. The van der Waals surface area contributed by atoms with Crippen LogP contribution in [0, 0.1) is 11.3 Å². The lowest BCUT2D eigenvalue weighted by atomic mass is 9.74. The van der Waals surface area contributed by atoms with Gasteiger partial charge in [-0.05, 0) is 42.3 Å². The summed E-state index contributed by atoms with van der Waals surface area (Å²) < 4.78 is 18.0. The van der Waals surface area contributed by atoms with Gasteiger partial charge in [0, 0.05) is 12.0 Å². The molecule has 0 amide bonds. The summed E-state index contributed by atoms with van der Waals surface area (Å²) in [6.45, 7) is 3.00. The average Bonchev–Trinajstić information content (AvgIpc) is 3.26. The summed E-state index contributed by atoms with van der Waals surface area (Å²) in [7, 11) is 0. The third-order valence-corrected chi connectivity index (χ3v) is 5.74.